The molecule has 1 aliphatic rings. The van der Waals surface area contributed by atoms with Crippen molar-refractivity contribution < 1.29 is 13.2 Å². The zero-order chi connectivity index (χ0) is 25.0. The zero-order valence-corrected chi connectivity index (χ0v) is 21.5. The topological polar surface area (TPSA) is 78.5 Å². The summed E-state index contributed by atoms with van der Waals surface area (Å²) in [6, 6.07) is 17.8. The summed E-state index contributed by atoms with van der Waals surface area (Å²) in [6.45, 7) is 7.18. The first-order chi connectivity index (χ1) is 16.7. The van der Waals surface area contributed by atoms with E-state index >= 15 is 0 Å². The number of nitrogens with zero attached hydrogens (tertiary/aromatic N) is 1. The number of halogens is 1. The molecule has 1 aliphatic heterocycles. The highest BCUT2D eigenvalue weighted by Gasteiger charge is 2.21. The summed E-state index contributed by atoms with van der Waals surface area (Å²) in [5.74, 6) is -0.361. The van der Waals surface area contributed by atoms with Crippen LogP contribution in [0.1, 0.15) is 45.5 Å². The molecule has 8 heteroatoms. The Bertz CT molecular complexity index is 1340. The van der Waals surface area contributed by atoms with E-state index in [1.807, 2.05) is 44.2 Å². The number of anilines is 1. The van der Waals surface area contributed by atoms with E-state index in [4.69, 9.17) is 11.6 Å². The molecular formula is C27H30ClN3O3S. The van der Waals surface area contributed by atoms with Gasteiger partial charge in [0.25, 0.3) is 15.9 Å². The van der Waals surface area contributed by atoms with Crippen LogP contribution in [-0.2, 0) is 23.1 Å². The number of sulfonamides is 1. The Labute approximate surface area is 212 Å². The Morgan fingerprint density at radius 3 is 2.40 bits per heavy atom. The van der Waals surface area contributed by atoms with Gasteiger partial charge in [-0.15, -0.1) is 0 Å². The fourth-order valence-corrected chi connectivity index (χ4v) is 5.98. The molecular weight excluding hydrogens is 482 g/mol. The van der Waals surface area contributed by atoms with Crippen LogP contribution in [0.5, 0.6) is 0 Å². The Morgan fingerprint density at radius 2 is 1.69 bits per heavy atom. The first kappa shape index (κ1) is 25.2. The van der Waals surface area contributed by atoms with Gasteiger partial charge >= 0.3 is 0 Å². The van der Waals surface area contributed by atoms with Gasteiger partial charge in [-0.05, 0) is 80.7 Å². The molecule has 1 heterocycles. The normalized spacial score (nSPS) is 14.1. The van der Waals surface area contributed by atoms with Gasteiger partial charge in [0.2, 0.25) is 0 Å². The summed E-state index contributed by atoms with van der Waals surface area (Å²) in [6.07, 6.45) is 2.44. The maximum atomic E-state index is 13.1. The maximum Gasteiger partial charge on any atom is 0.263 e. The van der Waals surface area contributed by atoms with Crippen molar-refractivity contribution in [2.75, 3.05) is 17.8 Å². The molecule has 3 aromatic rings. The number of aryl methyl sites for hydroxylation is 2. The third-order valence-corrected chi connectivity index (χ3v) is 8.11. The second kappa shape index (κ2) is 10.8. The lowest BCUT2D eigenvalue weighted by atomic mass is 10.1. The number of hydrogen-bond acceptors (Lipinski definition) is 4. The molecule has 0 radical (unpaired) electrons. The molecule has 0 atom stereocenters. The predicted octanol–water partition coefficient (Wildman–Crippen LogP) is 5.28. The fraction of sp³-hybridized carbons (Fsp3) is 0.296. The largest absolute Gasteiger partial charge is 0.348 e. The highest BCUT2D eigenvalue weighted by atomic mass is 35.5. The van der Waals surface area contributed by atoms with Gasteiger partial charge < -0.3 is 5.32 Å². The monoisotopic (exact) mass is 511 g/mol. The smallest absolute Gasteiger partial charge is 0.263 e. The summed E-state index contributed by atoms with van der Waals surface area (Å²) in [4.78, 5) is 15.2. The third-order valence-electron chi connectivity index (χ3n) is 6.26. The van der Waals surface area contributed by atoms with Crippen LogP contribution >= 0.6 is 11.6 Å². The van der Waals surface area contributed by atoms with Crippen LogP contribution < -0.4 is 10.0 Å². The van der Waals surface area contributed by atoms with E-state index in [0.717, 1.165) is 36.3 Å². The Balaban J connectivity index is 1.49. The molecule has 0 spiro atoms. The number of likely N-dealkylation sites (tertiary alicyclic amines) is 1. The summed E-state index contributed by atoms with van der Waals surface area (Å²) in [7, 11) is -3.99. The number of amides is 1. The number of hydrogen-bond donors (Lipinski definition) is 2. The van der Waals surface area contributed by atoms with Gasteiger partial charge in [-0.2, -0.15) is 0 Å². The Kier molecular flexibility index (Phi) is 7.79. The minimum absolute atomic E-state index is 0.0507. The van der Waals surface area contributed by atoms with Crippen molar-refractivity contribution in [1.29, 1.82) is 0 Å². The predicted molar refractivity (Wildman–Crippen MR) is 140 cm³/mol. The van der Waals surface area contributed by atoms with Crippen molar-refractivity contribution >= 4 is 33.2 Å². The Morgan fingerprint density at radius 1 is 0.971 bits per heavy atom. The van der Waals surface area contributed by atoms with Crippen molar-refractivity contribution in [1.82, 2.24) is 10.2 Å². The van der Waals surface area contributed by atoms with E-state index in [1.165, 1.54) is 36.6 Å². The minimum atomic E-state index is -3.99. The summed E-state index contributed by atoms with van der Waals surface area (Å²) >= 11 is 6.24. The molecule has 1 saturated heterocycles. The lowest BCUT2D eigenvalue weighted by Crippen LogP contribution is -2.25. The molecule has 2 N–H and O–H groups in total. The van der Waals surface area contributed by atoms with Crippen LogP contribution in [0.3, 0.4) is 0 Å². The van der Waals surface area contributed by atoms with Crippen LogP contribution in [0.4, 0.5) is 5.69 Å². The summed E-state index contributed by atoms with van der Waals surface area (Å²) < 4.78 is 28.8. The highest BCUT2D eigenvalue weighted by molar-refractivity contribution is 7.92. The van der Waals surface area contributed by atoms with Crippen LogP contribution in [0.25, 0.3) is 0 Å². The van der Waals surface area contributed by atoms with E-state index in [-0.39, 0.29) is 21.4 Å². The van der Waals surface area contributed by atoms with Gasteiger partial charge in [0.15, 0.2) is 0 Å². The fourth-order valence-electron chi connectivity index (χ4n) is 4.32. The van der Waals surface area contributed by atoms with Crippen molar-refractivity contribution in [2.45, 2.75) is 44.7 Å². The molecule has 184 valence electrons. The molecule has 3 aromatic carbocycles. The average Bonchev–Trinajstić information content (AvgIpc) is 3.33. The van der Waals surface area contributed by atoms with Crippen LogP contribution in [0, 0.1) is 13.8 Å². The SMILES string of the molecule is Cc1ccc(NS(=O)(=O)c2cc(C(=O)NCc3ccccc3CN3CCCC3)ccc2Cl)c(C)c1. The maximum absolute atomic E-state index is 13.1. The average molecular weight is 512 g/mol. The molecule has 1 fully saturated rings. The van der Waals surface area contributed by atoms with E-state index in [1.54, 1.807) is 6.07 Å². The van der Waals surface area contributed by atoms with Gasteiger partial charge in [0.1, 0.15) is 4.90 Å². The summed E-state index contributed by atoms with van der Waals surface area (Å²) in [5, 5.41) is 2.98. The van der Waals surface area contributed by atoms with Crippen LogP contribution in [0.15, 0.2) is 65.6 Å². The Hall–Kier alpha value is -2.87. The molecule has 0 unspecified atom stereocenters. The van der Waals surface area contributed by atoms with E-state index in [2.05, 4.69) is 21.0 Å². The minimum Gasteiger partial charge on any atom is -0.348 e. The van der Waals surface area contributed by atoms with Gasteiger partial charge in [-0.25, -0.2) is 8.42 Å². The number of nitrogens with one attached hydrogen (secondary N) is 2. The van der Waals surface area contributed by atoms with Crippen molar-refractivity contribution in [3.63, 3.8) is 0 Å². The van der Waals surface area contributed by atoms with Gasteiger partial charge in [-0.1, -0.05) is 53.6 Å². The quantitative estimate of drug-likeness (QED) is 0.431. The molecule has 0 aliphatic carbocycles. The van der Waals surface area contributed by atoms with E-state index in [9.17, 15) is 13.2 Å². The van der Waals surface area contributed by atoms with Crippen LogP contribution in [0.2, 0.25) is 5.02 Å². The van der Waals surface area contributed by atoms with E-state index in [0.29, 0.717) is 12.2 Å². The number of carbonyl (C=O) groups excluding carboxylic acids is 1. The molecule has 35 heavy (non-hydrogen) atoms. The van der Waals surface area contributed by atoms with Crippen LogP contribution in [-0.4, -0.2) is 32.3 Å². The molecule has 0 saturated carbocycles. The molecule has 0 aromatic heterocycles. The van der Waals surface area contributed by atoms with Gasteiger partial charge in [-0.3, -0.25) is 14.4 Å². The second-order valence-corrected chi connectivity index (χ2v) is 11.1. The van der Waals surface area contributed by atoms with E-state index < -0.39 is 10.0 Å². The standard InChI is InChI=1S/C27H30ClN3O3S/c1-19-9-12-25(20(2)15-19)30-35(33,34)26-16-21(10-11-24(26)28)27(32)29-17-22-7-3-4-8-23(22)18-31-13-5-6-14-31/h3-4,7-12,15-16,30H,5-6,13-14,17-18H2,1-2H3,(H,29,32). The molecule has 0 bridgehead atoms. The van der Waals surface area contributed by atoms with Crippen molar-refractivity contribution in [2.24, 2.45) is 0 Å². The zero-order valence-electron chi connectivity index (χ0n) is 20.0. The van der Waals surface area contributed by atoms with Gasteiger partial charge in [0, 0.05) is 18.7 Å². The molecule has 4 rings (SSSR count). The third kappa shape index (κ3) is 6.23. The molecule has 6 nitrogen and oxygen atoms in total. The van der Waals surface area contributed by atoms with Gasteiger partial charge in [0.05, 0.1) is 10.7 Å². The lowest BCUT2D eigenvalue weighted by Gasteiger charge is -2.18. The van der Waals surface area contributed by atoms with Crippen molar-refractivity contribution in [3.8, 4) is 0 Å². The lowest BCUT2D eigenvalue weighted by molar-refractivity contribution is 0.0950. The highest BCUT2D eigenvalue weighted by Crippen LogP contribution is 2.27. The first-order valence-electron chi connectivity index (χ1n) is 11.7. The van der Waals surface area contributed by atoms with Crippen molar-refractivity contribution in [3.05, 3.63) is 93.5 Å². The molecule has 1 amide bonds. The number of rotatable bonds is 8. The first-order valence-corrected chi connectivity index (χ1v) is 13.6. The summed E-state index contributed by atoms with van der Waals surface area (Å²) in [5.41, 5.74) is 4.76. The second-order valence-electron chi connectivity index (χ2n) is 9.00. The number of benzene rings is 3. The number of carbonyl (C=O) groups is 1.